The lowest BCUT2D eigenvalue weighted by Crippen LogP contribution is -2.34. The van der Waals surface area contributed by atoms with E-state index in [1.54, 1.807) is 11.9 Å². The molecule has 1 N–H and O–H groups in total. The molecule has 0 aromatic rings. The van der Waals surface area contributed by atoms with Gasteiger partial charge in [0.1, 0.15) is 13.2 Å². The van der Waals surface area contributed by atoms with Gasteiger partial charge in [-0.1, -0.05) is 11.8 Å². The second-order valence-corrected chi connectivity index (χ2v) is 7.95. The van der Waals surface area contributed by atoms with Crippen LogP contribution in [0, 0.1) is 0 Å². The van der Waals surface area contributed by atoms with Gasteiger partial charge in [-0.05, 0) is 0 Å². The molecule has 0 aromatic carbocycles. The number of aliphatic imine (C=N–C) groups is 1. The van der Waals surface area contributed by atoms with Gasteiger partial charge in [0.25, 0.3) is 5.91 Å². The summed E-state index contributed by atoms with van der Waals surface area (Å²) in [7, 11) is -1.31. The van der Waals surface area contributed by atoms with Crippen molar-refractivity contribution in [2.75, 3.05) is 31.8 Å². The number of rotatable bonds is 4. The van der Waals surface area contributed by atoms with Gasteiger partial charge >= 0.3 is 5.97 Å². The predicted molar refractivity (Wildman–Crippen MR) is 72.5 cm³/mol. The largest absolute Gasteiger partial charge is 0.480 e. The van der Waals surface area contributed by atoms with Crippen LogP contribution in [-0.2, 0) is 24.2 Å². The Kier molecular flexibility index (Phi) is 4.35. The van der Waals surface area contributed by atoms with Crippen molar-refractivity contribution in [3.05, 3.63) is 0 Å². The highest BCUT2D eigenvalue weighted by molar-refractivity contribution is 8.15. The third-order valence-electron chi connectivity index (χ3n) is 3.00. The van der Waals surface area contributed by atoms with Crippen LogP contribution in [0.4, 0.5) is 0 Å². The Bertz CT molecular complexity index is 558. The van der Waals surface area contributed by atoms with Crippen LogP contribution in [0.2, 0.25) is 0 Å². The fraction of sp³-hybridized carbons (Fsp3) is 0.700. The second kappa shape index (κ2) is 5.70. The van der Waals surface area contributed by atoms with Gasteiger partial charge in [0.05, 0.1) is 17.5 Å². The van der Waals surface area contributed by atoms with Crippen molar-refractivity contribution in [2.45, 2.75) is 11.3 Å². The third-order valence-corrected chi connectivity index (χ3v) is 6.30. The summed E-state index contributed by atoms with van der Waals surface area (Å²) < 4.78 is 27.7. The van der Waals surface area contributed by atoms with Crippen LogP contribution in [0.3, 0.4) is 0 Å². The fourth-order valence-corrected chi connectivity index (χ4v) is 6.11. The minimum absolute atomic E-state index is 0.0733. The fourth-order valence-electron chi connectivity index (χ4n) is 2.10. The highest BCUT2D eigenvalue weighted by Crippen LogP contribution is 2.36. The van der Waals surface area contributed by atoms with Crippen LogP contribution < -0.4 is 0 Å². The van der Waals surface area contributed by atoms with Crippen LogP contribution in [0.15, 0.2) is 4.99 Å². The van der Waals surface area contributed by atoms with Crippen molar-refractivity contribution in [1.29, 1.82) is 0 Å². The van der Waals surface area contributed by atoms with Gasteiger partial charge in [0.2, 0.25) is 0 Å². The molecule has 0 radical (unpaired) electrons. The van der Waals surface area contributed by atoms with Crippen molar-refractivity contribution >= 4 is 38.6 Å². The van der Waals surface area contributed by atoms with Crippen molar-refractivity contribution in [3.8, 4) is 0 Å². The molecule has 2 aliphatic rings. The first kappa shape index (κ1) is 15.3. The number of carboxylic acid groups (broad SMARTS) is 1. The van der Waals surface area contributed by atoms with Gasteiger partial charge < -0.3 is 14.7 Å². The van der Waals surface area contributed by atoms with Crippen LogP contribution in [0.1, 0.15) is 0 Å². The normalized spacial score (nSPS) is 29.6. The Labute approximate surface area is 120 Å². The van der Waals surface area contributed by atoms with Gasteiger partial charge in [-0.25, -0.2) is 13.2 Å². The zero-order chi connectivity index (χ0) is 14.9. The number of ether oxygens (including phenoxy) is 1. The number of hydrogen-bond acceptors (Lipinski definition) is 6. The Morgan fingerprint density at radius 3 is 2.75 bits per heavy atom. The minimum Gasteiger partial charge on any atom is -0.480 e. The molecule has 0 spiro atoms. The number of amidine groups is 1. The lowest BCUT2D eigenvalue weighted by atomic mass is 10.2. The number of carboxylic acids is 1. The summed E-state index contributed by atoms with van der Waals surface area (Å²) in [5, 5.41) is 8.73. The quantitative estimate of drug-likeness (QED) is 0.688. The number of carbonyl (C=O) groups is 2. The standard InChI is InChI=1S/C10H14N2O6S2/c1-12-6-4-20(16,17)5-7(6)19-10(12)11-8(13)2-18-3-9(14)15/h6-7H,2-5H2,1H3,(H,14,15)/t6-,7+/m1/s1. The summed E-state index contributed by atoms with van der Waals surface area (Å²) in [5.74, 6) is -1.57. The van der Waals surface area contributed by atoms with Crippen molar-refractivity contribution in [1.82, 2.24) is 4.90 Å². The van der Waals surface area contributed by atoms with Gasteiger partial charge in [0.15, 0.2) is 15.0 Å². The van der Waals surface area contributed by atoms with Gasteiger partial charge in [0, 0.05) is 12.3 Å². The topological polar surface area (TPSA) is 113 Å². The molecule has 0 bridgehead atoms. The number of hydrogen-bond donors (Lipinski definition) is 1. The molecular weight excluding hydrogens is 308 g/mol. The van der Waals surface area contributed by atoms with E-state index in [4.69, 9.17) is 5.11 Å². The smallest absolute Gasteiger partial charge is 0.329 e. The van der Waals surface area contributed by atoms with E-state index in [0.717, 1.165) is 0 Å². The van der Waals surface area contributed by atoms with Crippen molar-refractivity contribution < 1.29 is 27.9 Å². The average Bonchev–Trinajstić information content (AvgIpc) is 2.74. The zero-order valence-electron chi connectivity index (χ0n) is 10.7. The first-order valence-electron chi connectivity index (χ1n) is 5.79. The molecule has 2 atom stereocenters. The first-order valence-corrected chi connectivity index (χ1v) is 8.49. The Hall–Kier alpha value is -1.13. The summed E-state index contributed by atoms with van der Waals surface area (Å²) in [5.41, 5.74) is 0. The van der Waals surface area contributed by atoms with E-state index in [1.807, 2.05) is 0 Å². The van der Waals surface area contributed by atoms with Gasteiger partial charge in [-0.2, -0.15) is 4.99 Å². The number of carbonyl (C=O) groups excluding carboxylic acids is 1. The van der Waals surface area contributed by atoms with Crippen molar-refractivity contribution in [3.63, 3.8) is 0 Å². The molecule has 2 heterocycles. The average molecular weight is 322 g/mol. The minimum atomic E-state index is -3.01. The number of fused-ring (bicyclic) bond motifs is 1. The Morgan fingerprint density at radius 1 is 1.45 bits per heavy atom. The van der Waals surface area contributed by atoms with Crippen LogP contribution in [0.5, 0.6) is 0 Å². The monoisotopic (exact) mass is 322 g/mol. The molecule has 0 unspecified atom stereocenters. The van der Waals surface area contributed by atoms with Crippen LogP contribution >= 0.6 is 11.8 Å². The molecule has 2 fully saturated rings. The third kappa shape index (κ3) is 3.49. The molecular formula is C10H14N2O6S2. The van der Waals surface area contributed by atoms with E-state index < -0.39 is 34.9 Å². The Balaban J connectivity index is 1.93. The van der Waals surface area contributed by atoms with E-state index in [-0.39, 0.29) is 22.8 Å². The summed E-state index contributed by atoms with van der Waals surface area (Å²) in [6, 6.07) is -0.156. The second-order valence-electron chi connectivity index (χ2n) is 4.59. The number of nitrogens with zero attached hydrogens (tertiary/aromatic N) is 2. The number of sulfone groups is 1. The molecule has 0 aliphatic carbocycles. The highest BCUT2D eigenvalue weighted by Gasteiger charge is 2.47. The zero-order valence-corrected chi connectivity index (χ0v) is 12.3. The molecule has 1 amide bonds. The van der Waals surface area contributed by atoms with E-state index in [1.165, 1.54) is 11.8 Å². The van der Waals surface area contributed by atoms with Crippen LogP contribution in [0.25, 0.3) is 0 Å². The van der Waals surface area contributed by atoms with Gasteiger partial charge in [-0.15, -0.1) is 0 Å². The summed E-state index contributed by atoms with van der Waals surface area (Å²) in [6.07, 6.45) is 0. The molecule has 8 nitrogen and oxygen atoms in total. The molecule has 20 heavy (non-hydrogen) atoms. The molecule has 112 valence electrons. The predicted octanol–water partition coefficient (Wildman–Crippen LogP) is -1.19. The Morgan fingerprint density at radius 2 is 2.15 bits per heavy atom. The first-order chi connectivity index (χ1) is 9.28. The van der Waals surface area contributed by atoms with Crippen molar-refractivity contribution in [2.24, 2.45) is 4.99 Å². The summed E-state index contributed by atoms with van der Waals surface area (Å²) in [4.78, 5) is 27.3. The SMILES string of the molecule is CN1C(=NC(=O)COCC(=O)O)S[C@H]2CS(=O)(=O)C[C@H]21. The molecule has 2 rings (SSSR count). The summed E-state index contributed by atoms with van der Waals surface area (Å²) >= 11 is 1.26. The lowest BCUT2D eigenvalue weighted by molar-refractivity contribution is -0.143. The number of aliphatic carboxylic acids is 1. The molecule has 0 saturated carbocycles. The number of thioether (sulfide) groups is 1. The summed E-state index contributed by atoms with van der Waals surface area (Å²) in [6.45, 7) is -0.957. The molecule has 2 aliphatic heterocycles. The maximum absolute atomic E-state index is 11.5. The maximum atomic E-state index is 11.5. The maximum Gasteiger partial charge on any atom is 0.329 e. The highest BCUT2D eigenvalue weighted by atomic mass is 32.2. The van der Waals surface area contributed by atoms with Gasteiger partial charge in [-0.3, -0.25) is 4.79 Å². The lowest BCUT2D eigenvalue weighted by Gasteiger charge is -2.17. The van der Waals surface area contributed by atoms with E-state index in [0.29, 0.717) is 5.17 Å². The van der Waals surface area contributed by atoms with E-state index in [9.17, 15) is 18.0 Å². The van der Waals surface area contributed by atoms with Crippen LogP contribution in [-0.4, -0.2) is 78.5 Å². The molecule has 0 aromatic heterocycles. The number of amides is 1. The van der Waals surface area contributed by atoms with E-state index in [2.05, 4.69) is 9.73 Å². The molecule has 10 heteroatoms. The van der Waals surface area contributed by atoms with E-state index >= 15 is 0 Å². The molecule has 2 saturated heterocycles.